The number of halogens is 1. The molecule has 13 heavy (non-hydrogen) atoms. The second-order valence-electron chi connectivity index (χ2n) is 3.23. The lowest BCUT2D eigenvalue weighted by atomic mass is 10.1. The molecular weight excluding hydrogens is 273 g/mol. The van der Waals surface area contributed by atoms with Crippen molar-refractivity contribution >= 4 is 34.4 Å². The topological polar surface area (TPSA) is 12.0 Å². The van der Waals surface area contributed by atoms with Gasteiger partial charge in [0.1, 0.15) is 0 Å². The number of hydrogen-bond acceptors (Lipinski definition) is 1. The Bertz CT molecular complexity index is 305. The molecule has 0 radical (unpaired) electrons. The molecule has 1 rings (SSSR count). The molecule has 1 N–H and O–H groups in total. The maximum atomic E-state index is 3.80. The van der Waals surface area contributed by atoms with Gasteiger partial charge in [-0.05, 0) is 60.2 Å². The van der Waals surface area contributed by atoms with Gasteiger partial charge in [0, 0.05) is 15.3 Å². The fourth-order valence-corrected chi connectivity index (χ4v) is 1.66. The van der Waals surface area contributed by atoms with Crippen molar-refractivity contribution in [1.29, 1.82) is 0 Å². The second kappa shape index (κ2) is 4.65. The van der Waals surface area contributed by atoms with Gasteiger partial charge in [0.05, 0.1) is 0 Å². The van der Waals surface area contributed by atoms with Crippen LogP contribution >= 0.6 is 22.6 Å². The van der Waals surface area contributed by atoms with E-state index < -0.39 is 0 Å². The molecule has 2 heteroatoms. The van der Waals surface area contributed by atoms with Gasteiger partial charge < -0.3 is 5.32 Å². The molecule has 0 unspecified atom stereocenters. The van der Waals surface area contributed by atoms with E-state index in [4.69, 9.17) is 0 Å². The lowest BCUT2D eigenvalue weighted by molar-refractivity contribution is 0.899. The average molecular weight is 287 g/mol. The summed E-state index contributed by atoms with van der Waals surface area (Å²) < 4.78 is 1.24. The van der Waals surface area contributed by atoms with Crippen LogP contribution in [-0.4, -0.2) is 6.04 Å². The first kappa shape index (κ1) is 10.6. The van der Waals surface area contributed by atoms with E-state index in [1.54, 1.807) is 0 Å². The van der Waals surface area contributed by atoms with Crippen molar-refractivity contribution in [2.24, 2.45) is 0 Å². The van der Waals surface area contributed by atoms with Crippen LogP contribution in [0.5, 0.6) is 0 Å². The molecule has 0 bridgehead atoms. The molecule has 1 nitrogen and oxygen atoms in total. The number of hydrogen-bond donors (Lipinski definition) is 1. The van der Waals surface area contributed by atoms with Crippen LogP contribution in [0.1, 0.15) is 19.4 Å². The average Bonchev–Trinajstić information content (AvgIpc) is 2.07. The van der Waals surface area contributed by atoms with Crippen LogP contribution in [0.2, 0.25) is 0 Å². The highest BCUT2D eigenvalue weighted by Crippen LogP contribution is 2.20. The van der Waals surface area contributed by atoms with Crippen molar-refractivity contribution in [1.82, 2.24) is 0 Å². The molecule has 0 heterocycles. The van der Waals surface area contributed by atoms with Gasteiger partial charge in [0.25, 0.3) is 0 Å². The van der Waals surface area contributed by atoms with Gasteiger partial charge in [-0.1, -0.05) is 12.7 Å². The standard InChI is InChI=1S/C11H14IN/c1-4-9-7-10(12)5-6-11(9)13-8(2)3/h4-8,13H,1H2,2-3H3. The highest BCUT2D eigenvalue weighted by Gasteiger charge is 2.00. The van der Waals surface area contributed by atoms with E-state index in [9.17, 15) is 0 Å². The molecule has 0 spiro atoms. The molecule has 0 fully saturated rings. The molecule has 0 amide bonds. The van der Waals surface area contributed by atoms with E-state index in [0.717, 1.165) is 5.69 Å². The Kier molecular flexibility index (Phi) is 3.78. The van der Waals surface area contributed by atoms with Gasteiger partial charge in [-0.2, -0.15) is 0 Å². The first-order valence-electron chi connectivity index (χ1n) is 4.32. The van der Waals surface area contributed by atoms with Crippen LogP contribution < -0.4 is 5.32 Å². The molecule has 0 aromatic heterocycles. The number of nitrogens with one attached hydrogen (secondary N) is 1. The van der Waals surface area contributed by atoms with Gasteiger partial charge in [-0.25, -0.2) is 0 Å². The zero-order valence-corrected chi connectivity index (χ0v) is 10.1. The largest absolute Gasteiger partial charge is 0.382 e. The molecule has 0 atom stereocenters. The van der Waals surface area contributed by atoms with Gasteiger partial charge in [0.2, 0.25) is 0 Å². The lowest BCUT2D eigenvalue weighted by Gasteiger charge is -2.12. The molecule has 0 aliphatic carbocycles. The Labute approximate surface area is 93.4 Å². The second-order valence-corrected chi connectivity index (χ2v) is 4.48. The third-order valence-corrected chi connectivity index (χ3v) is 2.35. The zero-order chi connectivity index (χ0) is 9.84. The van der Waals surface area contributed by atoms with E-state index >= 15 is 0 Å². The minimum absolute atomic E-state index is 0.457. The van der Waals surface area contributed by atoms with Crippen LogP contribution in [0.25, 0.3) is 6.08 Å². The van der Waals surface area contributed by atoms with Crippen LogP contribution in [-0.2, 0) is 0 Å². The van der Waals surface area contributed by atoms with Crippen LogP contribution in [0.15, 0.2) is 24.8 Å². The summed E-state index contributed by atoms with van der Waals surface area (Å²) in [7, 11) is 0. The van der Waals surface area contributed by atoms with Crippen molar-refractivity contribution in [2.45, 2.75) is 19.9 Å². The summed E-state index contributed by atoms with van der Waals surface area (Å²) in [5, 5.41) is 3.38. The lowest BCUT2D eigenvalue weighted by Crippen LogP contribution is -2.10. The first-order chi connectivity index (χ1) is 6.13. The Balaban J connectivity index is 2.99. The summed E-state index contributed by atoms with van der Waals surface area (Å²) in [5.41, 5.74) is 2.33. The van der Waals surface area contributed by atoms with E-state index in [1.807, 2.05) is 6.08 Å². The fourth-order valence-electron chi connectivity index (χ4n) is 1.14. The van der Waals surface area contributed by atoms with Crippen molar-refractivity contribution in [3.63, 3.8) is 0 Å². The van der Waals surface area contributed by atoms with Gasteiger partial charge in [-0.15, -0.1) is 0 Å². The Morgan fingerprint density at radius 3 is 2.69 bits per heavy atom. The minimum atomic E-state index is 0.457. The number of benzene rings is 1. The predicted molar refractivity (Wildman–Crippen MR) is 68.0 cm³/mol. The smallest absolute Gasteiger partial charge is 0.0416 e. The van der Waals surface area contributed by atoms with E-state index in [-0.39, 0.29) is 0 Å². The normalized spacial score (nSPS) is 10.2. The minimum Gasteiger partial charge on any atom is -0.382 e. The van der Waals surface area contributed by atoms with E-state index in [2.05, 4.69) is 66.5 Å². The molecule has 1 aromatic carbocycles. The quantitative estimate of drug-likeness (QED) is 0.835. The summed E-state index contributed by atoms with van der Waals surface area (Å²) in [4.78, 5) is 0. The summed E-state index contributed by atoms with van der Waals surface area (Å²) in [5.74, 6) is 0. The van der Waals surface area contributed by atoms with Crippen molar-refractivity contribution in [3.05, 3.63) is 33.9 Å². The first-order valence-corrected chi connectivity index (χ1v) is 5.40. The number of rotatable bonds is 3. The van der Waals surface area contributed by atoms with Crippen molar-refractivity contribution in [2.75, 3.05) is 5.32 Å². The molecule has 0 aliphatic heterocycles. The maximum absolute atomic E-state index is 3.80. The van der Waals surface area contributed by atoms with Gasteiger partial charge in [-0.3, -0.25) is 0 Å². The van der Waals surface area contributed by atoms with Crippen molar-refractivity contribution in [3.8, 4) is 0 Å². The highest BCUT2D eigenvalue weighted by molar-refractivity contribution is 14.1. The molecule has 0 saturated carbocycles. The SMILES string of the molecule is C=Cc1cc(I)ccc1NC(C)C. The van der Waals surface area contributed by atoms with Crippen LogP contribution in [0, 0.1) is 3.57 Å². The maximum Gasteiger partial charge on any atom is 0.0416 e. The summed E-state index contributed by atoms with van der Waals surface area (Å²) in [6, 6.07) is 6.77. The van der Waals surface area contributed by atoms with E-state index in [0.29, 0.717) is 6.04 Å². The summed E-state index contributed by atoms with van der Waals surface area (Å²) >= 11 is 2.30. The van der Waals surface area contributed by atoms with Gasteiger partial charge in [0.15, 0.2) is 0 Å². The summed E-state index contributed by atoms with van der Waals surface area (Å²) in [6.07, 6.45) is 1.88. The Morgan fingerprint density at radius 1 is 1.46 bits per heavy atom. The van der Waals surface area contributed by atoms with Gasteiger partial charge >= 0.3 is 0 Å². The Morgan fingerprint density at radius 2 is 2.15 bits per heavy atom. The third-order valence-electron chi connectivity index (χ3n) is 1.68. The van der Waals surface area contributed by atoms with Crippen LogP contribution in [0.4, 0.5) is 5.69 Å². The highest BCUT2D eigenvalue weighted by atomic mass is 127. The molecular formula is C11H14IN. The summed E-state index contributed by atoms with van der Waals surface area (Å²) in [6.45, 7) is 8.06. The molecule has 1 aromatic rings. The molecule has 70 valence electrons. The third kappa shape index (κ3) is 3.03. The molecule has 0 aliphatic rings. The number of anilines is 1. The predicted octanol–water partition coefficient (Wildman–Crippen LogP) is 3.75. The monoisotopic (exact) mass is 287 g/mol. The van der Waals surface area contributed by atoms with E-state index in [1.165, 1.54) is 9.13 Å². The fraction of sp³-hybridized carbons (Fsp3) is 0.273. The van der Waals surface area contributed by atoms with Crippen LogP contribution in [0.3, 0.4) is 0 Å². The Hall–Kier alpha value is -0.510. The van der Waals surface area contributed by atoms with Crippen molar-refractivity contribution < 1.29 is 0 Å². The molecule has 0 saturated heterocycles. The zero-order valence-electron chi connectivity index (χ0n) is 7.97.